The topological polar surface area (TPSA) is 64.4 Å². The minimum atomic E-state index is -0.141. The molecule has 0 aromatic heterocycles. The van der Waals surface area contributed by atoms with Crippen LogP contribution in [0.1, 0.15) is 32.8 Å². The number of nitrogens with zero attached hydrogens (tertiary/aromatic N) is 3. The zero-order valence-electron chi connectivity index (χ0n) is 12.8. The van der Waals surface area contributed by atoms with Crippen LogP contribution in [0.15, 0.2) is 24.3 Å². The predicted molar refractivity (Wildman–Crippen MR) is 81.7 cm³/mol. The Labute approximate surface area is 125 Å². The summed E-state index contributed by atoms with van der Waals surface area (Å²) in [6, 6.07) is 8.89. The zero-order chi connectivity index (χ0) is 15.8. The lowest BCUT2D eigenvalue weighted by molar-refractivity contribution is -0.130. The van der Waals surface area contributed by atoms with Crippen LogP contribution in [0.25, 0.3) is 0 Å². The maximum atomic E-state index is 12.0. The number of amides is 2. The van der Waals surface area contributed by atoms with Crippen LogP contribution in [-0.4, -0.2) is 36.3 Å². The van der Waals surface area contributed by atoms with E-state index in [1.807, 2.05) is 19.9 Å². The standard InChI is InChI=1S/C16H21N3O2/c1-4-18(5-2)16(21)9-10-19(13(3)20)15-8-6-7-14(11-15)12-17/h6-8,11H,4-5,9-10H2,1-3H3. The summed E-state index contributed by atoms with van der Waals surface area (Å²) < 4.78 is 0. The summed E-state index contributed by atoms with van der Waals surface area (Å²) in [5.41, 5.74) is 1.14. The summed E-state index contributed by atoms with van der Waals surface area (Å²) in [5, 5.41) is 8.92. The lowest BCUT2D eigenvalue weighted by Crippen LogP contribution is -2.36. The van der Waals surface area contributed by atoms with E-state index in [4.69, 9.17) is 5.26 Å². The molecule has 0 saturated carbocycles. The number of anilines is 1. The van der Waals surface area contributed by atoms with Crippen LogP contribution in [0.2, 0.25) is 0 Å². The molecule has 5 nitrogen and oxygen atoms in total. The largest absolute Gasteiger partial charge is 0.343 e. The van der Waals surface area contributed by atoms with Crippen molar-refractivity contribution in [2.24, 2.45) is 0 Å². The van der Waals surface area contributed by atoms with Gasteiger partial charge in [-0.2, -0.15) is 5.26 Å². The summed E-state index contributed by atoms with van der Waals surface area (Å²) in [6.07, 6.45) is 0.276. The van der Waals surface area contributed by atoms with E-state index in [2.05, 4.69) is 0 Å². The van der Waals surface area contributed by atoms with E-state index in [1.54, 1.807) is 29.2 Å². The number of nitriles is 1. The molecule has 0 atom stereocenters. The highest BCUT2D eigenvalue weighted by atomic mass is 16.2. The zero-order valence-corrected chi connectivity index (χ0v) is 12.8. The highest BCUT2D eigenvalue weighted by Crippen LogP contribution is 2.17. The molecule has 2 amide bonds. The predicted octanol–water partition coefficient (Wildman–Crippen LogP) is 2.17. The average Bonchev–Trinajstić information content (AvgIpc) is 2.48. The Balaban J connectivity index is 2.82. The lowest BCUT2D eigenvalue weighted by atomic mass is 10.2. The number of hydrogen-bond donors (Lipinski definition) is 0. The molecule has 0 fully saturated rings. The fourth-order valence-corrected chi connectivity index (χ4v) is 2.15. The van der Waals surface area contributed by atoms with Crippen LogP contribution < -0.4 is 4.90 Å². The van der Waals surface area contributed by atoms with Crippen LogP contribution in [0, 0.1) is 11.3 Å². The van der Waals surface area contributed by atoms with E-state index in [9.17, 15) is 9.59 Å². The molecule has 0 saturated heterocycles. The molecule has 0 bridgehead atoms. The first kappa shape index (κ1) is 16.7. The van der Waals surface area contributed by atoms with E-state index in [-0.39, 0.29) is 18.2 Å². The van der Waals surface area contributed by atoms with Gasteiger partial charge >= 0.3 is 0 Å². The summed E-state index contributed by atoms with van der Waals surface area (Å²) in [4.78, 5) is 27.1. The second-order valence-corrected chi connectivity index (χ2v) is 4.65. The molecule has 0 aliphatic rings. The van der Waals surface area contributed by atoms with Gasteiger partial charge in [0.25, 0.3) is 0 Å². The van der Waals surface area contributed by atoms with E-state index < -0.39 is 0 Å². The van der Waals surface area contributed by atoms with Crippen LogP contribution in [-0.2, 0) is 9.59 Å². The second kappa shape index (κ2) is 8.05. The fourth-order valence-electron chi connectivity index (χ4n) is 2.15. The normalized spacial score (nSPS) is 9.81. The van der Waals surface area contributed by atoms with Gasteiger partial charge < -0.3 is 9.80 Å². The molecule has 112 valence electrons. The third kappa shape index (κ3) is 4.60. The molecule has 0 spiro atoms. The van der Waals surface area contributed by atoms with Crippen molar-refractivity contribution in [1.82, 2.24) is 4.90 Å². The van der Waals surface area contributed by atoms with Gasteiger partial charge in [-0.1, -0.05) is 6.07 Å². The summed E-state index contributed by atoms with van der Waals surface area (Å²) in [6.45, 7) is 6.97. The van der Waals surface area contributed by atoms with Crippen molar-refractivity contribution in [2.75, 3.05) is 24.5 Å². The maximum absolute atomic E-state index is 12.0. The van der Waals surface area contributed by atoms with Crippen molar-refractivity contribution < 1.29 is 9.59 Å². The third-order valence-electron chi connectivity index (χ3n) is 3.33. The summed E-state index contributed by atoms with van der Waals surface area (Å²) in [5.74, 6) is -0.111. The van der Waals surface area contributed by atoms with Gasteiger partial charge in [0.2, 0.25) is 11.8 Å². The number of hydrogen-bond acceptors (Lipinski definition) is 3. The molecule has 1 aromatic carbocycles. The molecule has 5 heteroatoms. The Morgan fingerprint density at radius 2 is 1.90 bits per heavy atom. The SMILES string of the molecule is CCN(CC)C(=O)CCN(C(C)=O)c1cccc(C#N)c1. The molecular weight excluding hydrogens is 266 g/mol. The van der Waals surface area contributed by atoms with E-state index in [0.29, 0.717) is 30.9 Å². The second-order valence-electron chi connectivity index (χ2n) is 4.65. The quantitative estimate of drug-likeness (QED) is 0.805. The molecule has 1 aromatic rings. The van der Waals surface area contributed by atoms with Gasteiger partial charge in [0.05, 0.1) is 11.6 Å². The minimum Gasteiger partial charge on any atom is -0.343 e. The van der Waals surface area contributed by atoms with Gasteiger partial charge in [-0.3, -0.25) is 9.59 Å². The summed E-state index contributed by atoms with van der Waals surface area (Å²) in [7, 11) is 0. The molecule has 0 heterocycles. The van der Waals surface area contributed by atoms with Gasteiger partial charge in [-0.05, 0) is 32.0 Å². The van der Waals surface area contributed by atoms with Gasteiger partial charge in [0.1, 0.15) is 0 Å². The third-order valence-corrected chi connectivity index (χ3v) is 3.33. The monoisotopic (exact) mass is 287 g/mol. The van der Waals surface area contributed by atoms with Crippen molar-refractivity contribution in [1.29, 1.82) is 5.26 Å². The first-order valence-electron chi connectivity index (χ1n) is 7.09. The van der Waals surface area contributed by atoms with Crippen LogP contribution in [0.4, 0.5) is 5.69 Å². The molecule has 21 heavy (non-hydrogen) atoms. The van der Waals surface area contributed by atoms with Gasteiger partial charge in [0, 0.05) is 38.7 Å². The highest BCUT2D eigenvalue weighted by Gasteiger charge is 2.16. The van der Waals surface area contributed by atoms with Crippen LogP contribution >= 0.6 is 0 Å². The van der Waals surface area contributed by atoms with Crippen molar-refractivity contribution in [3.63, 3.8) is 0 Å². The van der Waals surface area contributed by atoms with Gasteiger partial charge in [-0.15, -0.1) is 0 Å². The van der Waals surface area contributed by atoms with Crippen molar-refractivity contribution in [2.45, 2.75) is 27.2 Å². The minimum absolute atomic E-state index is 0.0303. The van der Waals surface area contributed by atoms with Crippen LogP contribution in [0.3, 0.4) is 0 Å². The van der Waals surface area contributed by atoms with Gasteiger partial charge in [-0.25, -0.2) is 0 Å². The van der Waals surface area contributed by atoms with Crippen molar-refractivity contribution in [3.05, 3.63) is 29.8 Å². The Morgan fingerprint density at radius 1 is 1.24 bits per heavy atom. The Bertz CT molecular complexity index is 545. The molecule has 0 radical (unpaired) electrons. The van der Waals surface area contributed by atoms with Gasteiger partial charge in [0.15, 0.2) is 0 Å². The molecule has 0 aliphatic heterocycles. The first-order valence-corrected chi connectivity index (χ1v) is 7.09. The molecular formula is C16H21N3O2. The van der Waals surface area contributed by atoms with Crippen molar-refractivity contribution >= 4 is 17.5 Å². The number of benzene rings is 1. The Kier molecular flexibility index (Phi) is 6.41. The fraction of sp³-hybridized carbons (Fsp3) is 0.438. The summed E-state index contributed by atoms with van der Waals surface area (Å²) >= 11 is 0. The Morgan fingerprint density at radius 3 is 2.43 bits per heavy atom. The lowest BCUT2D eigenvalue weighted by Gasteiger charge is -2.24. The smallest absolute Gasteiger partial charge is 0.224 e. The molecule has 0 N–H and O–H groups in total. The maximum Gasteiger partial charge on any atom is 0.224 e. The van der Waals surface area contributed by atoms with E-state index >= 15 is 0 Å². The molecule has 0 aliphatic carbocycles. The van der Waals surface area contributed by atoms with E-state index in [1.165, 1.54) is 11.8 Å². The Hall–Kier alpha value is -2.35. The van der Waals surface area contributed by atoms with E-state index in [0.717, 1.165) is 0 Å². The van der Waals surface area contributed by atoms with Crippen molar-refractivity contribution in [3.8, 4) is 6.07 Å². The number of rotatable bonds is 6. The molecule has 1 rings (SSSR count). The number of carbonyl (C=O) groups excluding carboxylic acids is 2. The number of carbonyl (C=O) groups is 2. The first-order chi connectivity index (χ1) is 10.0. The molecule has 0 unspecified atom stereocenters. The highest BCUT2D eigenvalue weighted by molar-refractivity contribution is 5.92. The average molecular weight is 287 g/mol. The van der Waals surface area contributed by atoms with Crippen LogP contribution in [0.5, 0.6) is 0 Å².